The van der Waals surface area contributed by atoms with Crippen LogP contribution in [-0.4, -0.2) is 4.92 Å². The second-order valence-corrected chi connectivity index (χ2v) is 3.87. The Hall–Kier alpha value is -2.63. The average molecular weight is 262 g/mol. The number of hydrogen-bond acceptors (Lipinski definition) is 4. The number of nitrogens with two attached hydrogens (primary N) is 1. The Labute approximate surface area is 108 Å². The van der Waals surface area contributed by atoms with Crippen LogP contribution in [0, 0.1) is 15.9 Å². The van der Waals surface area contributed by atoms with Gasteiger partial charge >= 0.3 is 5.69 Å². The standard InChI is InChI=1S/C13H11FN2O3/c14-13-9(2-1-3-12(13)16(17)18)8-19-11-6-4-10(15)5-7-11/h1-7H,8,15H2. The van der Waals surface area contributed by atoms with Crippen molar-refractivity contribution in [3.63, 3.8) is 0 Å². The zero-order valence-electron chi connectivity index (χ0n) is 9.88. The van der Waals surface area contributed by atoms with Gasteiger partial charge in [0.1, 0.15) is 12.4 Å². The number of benzene rings is 2. The first kappa shape index (κ1) is 12.8. The third kappa shape index (κ3) is 2.98. The van der Waals surface area contributed by atoms with Crippen molar-refractivity contribution in [3.8, 4) is 5.75 Å². The summed E-state index contributed by atoms with van der Waals surface area (Å²) in [5, 5.41) is 10.6. The molecule has 2 N–H and O–H groups in total. The molecule has 0 aliphatic rings. The van der Waals surface area contributed by atoms with Crippen molar-refractivity contribution >= 4 is 11.4 Å². The highest BCUT2D eigenvalue weighted by molar-refractivity contribution is 5.42. The van der Waals surface area contributed by atoms with Gasteiger partial charge < -0.3 is 10.5 Å². The van der Waals surface area contributed by atoms with E-state index in [1.807, 2.05) is 0 Å². The van der Waals surface area contributed by atoms with E-state index in [0.29, 0.717) is 11.4 Å². The summed E-state index contributed by atoms with van der Waals surface area (Å²) in [6, 6.07) is 10.6. The first-order valence-corrected chi connectivity index (χ1v) is 5.48. The summed E-state index contributed by atoms with van der Waals surface area (Å²) in [4.78, 5) is 9.83. The van der Waals surface area contributed by atoms with Gasteiger partial charge in [-0.25, -0.2) is 0 Å². The highest BCUT2D eigenvalue weighted by Gasteiger charge is 2.17. The number of nitro groups is 1. The quantitative estimate of drug-likeness (QED) is 0.522. The van der Waals surface area contributed by atoms with E-state index in [1.165, 1.54) is 12.1 Å². The van der Waals surface area contributed by atoms with Gasteiger partial charge in [0, 0.05) is 17.3 Å². The maximum Gasteiger partial charge on any atom is 0.305 e. The van der Waals surface area contributed by atoms with Crippen LogP contribution in [0.1, 0.15) is 5.56 Å². The molecular weight excluding hydrogens is 251 g/mol. The van der Waals surface area contributed by atoms with Crippen molar-refractivity contribution in [2.75, 3.05) is 5.73 Å². The summed E-state index contributed by atoms with van der Waals surface area (Å²) in [6.45, 7) is -0.0859. The number of nitrogens with zero attached hydrogens (tertiary/aromatic N) is 1. The number of rotatable bonds is 4. The van der Waals surface area contributed by atoms with Gasteiger partial charge in [0.05, 0.1) is 4.92 Å². The van der Waals surface area contributed by atoms with Gasteiger partial charge in [0.25, 0.3) is 0 Å². The molecule has 0 bridgehead atoms. The normalized spacial score (nSPS) is 10.2. The van der Waals surface area contributed by atoms with Crippen molar-refractivity contribution in [1.29, 1.82) is 0 Å². The smallest absolute Gasteiger partial charge is 0.305 e. The summed E-state index contributed by atoms with van der Waals surface area (Å²) in [5.41, 5.74) is 5.69. The summed E-state index contributed by atoms with van der Waals surface area (Å²) >= 11 is 0. The van der Waals surface area contributed by atoms with Crippen LogP contribution in [0.15, 0.2) is 42.5 Å². The predicted molar refractivity (Wildman–Crippen MR) is 68.2 cm³/mol. The molecule has 0 aromatic heterocycles. The molecule has 0 unspecified atom stereocenters. The molecule has 2 aromatic rings. The average Bonchev–Trinajstić information content (AvgIpc) is 2.39. The van der Waals surface area contributed by atoms with Gasteiger partial charge in [-0.05, 0) is 24.3 Å². The Bertz CT molecular complexity index is 599. The lowest BCUT2D eigenvalue weighted by Gasteiger charge is -2.07. The highest BCUT2D eigenvalue weighted by atomic mass is 19.1. The van der Waals surface area contributed by atoms with Crippen LogP contribution in [0.5, 0.6) is 5.75 Å². The number of anilines is 1. The van der Waals surface area contributed by atoms with Crippen molar-refractivity contribution in [2.24, 2.45) is 0 Å². The van der Waals surface area contributed by atoms with Crippen LogP contribution in [-0.2, 0) is 6.61 Å². The Morgan fingerprint density at radius 1 is 1.21 bits per heavy atom. The van der Waals surface area contributed by atoms with Crippen LogP contribution in [0.4, 0.5) is 15.8 Å². The lowest BCUT2D eigenvalue weighted by atomic mass is 10.2. The monoisotopic (exact) mass is 262 g/mol. The maximum absolute atomic E-state index is 13.7. The second kappa shape index (κ2) is 5.34. The summed E-state index contributed by atoms with van der Waals surface area (Å²) in [6.07, 6.45) is 0. The lowest BCUT2D eigenvalue weighted by molar-refractivity contribution is -0.387. The molecule has 0 atom stereocenters. The molecule has 5 nitrogen and oxygen atoms in total. The van der Waals surface area contributed by atoms with E-state index in [2.05, 4.69) is 0 Å². The van der Waals surface area contributed by atoms with Crippen LogP contribution >= 0.6 is 0 Å². The van der Waals surface area contributed by atoms with E-state index >= 15 is 0 Å². The molecule has 0 saturated heterocycles. The van der Waals surface area contributed by atoms with E-state index in [1.54, 1.807) is 24.3 Å². The Morgan fingerprint density at radius 2 is 1.89 bits per heavy atom. The number of nitrogen functional groups attached to an aromatic ring is 1. The number of nitro benzene ring substituents is 1. The van der Waals surface area contributed by atoms with Gasteiger partial charge in [0.15, 0.2) is 0 Å². The lowest BCUT2D eigenvalue weighted by Crippen LogP contribution is -2.01. The van der Waals surface area contributed by atoms with E-state index in [-0.39, 0.29) is 12.2 Å². The molecule has 0 radical (unpaired) electrons. The van der Waals surface area contributed by atoms with Crippen LogP contribution in [0.3, 0.4) is 0 Å². The maximum atomic E-state index is 13.7. The van der Waals surface area contributed by atoms with Crippen molar-refractivity contribution in [3.05, 3.63) is 64.0 Å². The van der Waals surface area contributed by atoms with Gasteiger partial charge in [-0.3, -0.25) is 10.1 Å². The molecule has 19 heavy (non-hydrogen) atoms. The largest absolute Gasteiger partial charge is 0.489 e. The molecule has 0 heterocycles. The van der Waals surface area contributed by atoms with Crippen molar-refractivity contribution in [1.82, 2.24) is 0 Å². The molecule has 0 saturated carbocycles. The molecule has 0 amide bonds. The fraction of sp³-hybridized carbons (Fsp3) is 0.0769. The fourth-order valence-electron chi connectivity index (χ4n) is 1.54. The highest BCUT2D eigenvalue weighted by Crippen LogP contribution is 2.22. The Kier molecular flexibility index (Phi) is 3.61. The van der Waals surface area contributed by atoms with E-state index in [9.17, 15) is 14.5 Å². The third-order valence-corrected chi connectivity index (χ3v) is 2.53. The zero-order chi connectivity index (χ0) is 13.8. The first-order chi connectivity index (χ1) is 9.08. The van der Waals surface area contributed by atoms with Gasteiger partial charge in [0.2, 0.25) is 5.82 Å². The summed E-state index contributed by atoms with van der Waals surface area (Å²) in [7, 11) is 0. The molecule has 98 valence electrons. The van der Waals surface area contributed by atoms with Crippen LogP contribution < -0.4 is 10.5 Å². The molecular formula is C13H11FN2O3. The third-order valence-electron chi connectivity index (χ3n) is 2.53. The summed E-state index contributed by atoms with van der Waals surface area (Å²) < 4.78 is 19.1. The SMILES string of the molecule is Nc1ccc(OCc2cccc([N+](=O)[O-])c2F)cc1. The van der Waals surface area contributed by atoms with E-state index < -0.39 is 16.4 Å². The molecule has 0 aliphatic carbocycles. The topological polar surface area (TPSA) is 78.4 Å². The minimum absolute atomic E-state index is 0.0859. The van der Waals surface area contributed by atoms with Gasteiger partial charge in [-0.2, -0.15) is 4.39 Å². The number of halogens is 1. The first-order valence-electron chi connectivity index (χ1n) is 5.48. The number of hydrogen-bond donors (Lipinski definition) is 1. The molecule has 0 aliphatic heterocycles. The second-order valence-electron chi connectivity index (χ2n) is 3.87. The predicted octanol–water partition coefficient (Wildman–Crippen LogP) is 2.90. The van der Waals surface area contributed by atoms with Gasteiger partial charge in [-0.1, -0.05) is 12.1 Å². The zero-order valence-corrected chi connectivity index (χ0v) is 9.88. The molecule has 2 aromatic carbocycles. The Morgan fingerprint density at radius 3 is 2.53 bits per heavy atom. The Balaban J connectivity index is 2.13. The van der Waals surface area contributed by atoms with Crippen molar-refractivity contribution in [2.45, 2.75) is 6.61 Å². The molecule has 0 fully saturated rings. The molecule has 0 spiro atoms. The molecule has 2 rings (SSSR count). The van der Waals surface area contributed by atoms with Crippen molar-refractivity contribution < 1.29 is 14.1 Å². The van der Waals surface area contributed by atoms with Crippen LogP contribution in [0.25, 0.3) is 0 Å². The minimum Gasteiger partial charge on any atom is -0.489 e. The van der Waals surface area contributed by atoms with E-state index in [4.69, 9.17) is 10.5 Å². The number of ether oxygens (including phenoxy) is 1. The summed E-state index contributed by atoms with van der Waals surface area (Å²) in [5.74, 6) is -0.358. The van der Waals surface area contributed by atoms with Crippen LogP contribution in [0.2, 0.25) is 0 Å². The van der Waals surface area contributed by atoms with Gasteiger partial charge in [-0.15, -0.1) is 0 Å². The molecule has 6 heteroatoms. The fourth-order valence-corrected chi connectivity index (χ4v) is 1.54. The minimum atomic E-state index is -0.872. The van der Waals surface area contributed by atoms with E-state index in [0.717, 1.165) is 6.07 Å².